The number of benzene rings is 1. The van der Waals surface area contributed by atoms with E-state index in [2.05, 4.69) is 32.6 Å². The molecule has 8 heteroatoms. The predicted molar refractivity (Wildman–Crippen MR) is 94.7 cm³/mol. The fourth-order valence-electron chi connectivity index (χ4n) is 2.08. The van der Waals surface area contributed by atoms with Crippen LogP contribution < -0.4 is 9.64 Å². The first-order chi connectivity index (χ1) is 11.4. The average Bonchev–Trinajstić information content (AvgIpc) is 2.54. The van der Waals surface area contributed by atoms with E-state index in [-0.39, 0.29) is 12.6 Å². The molecule has 0 bridgehead atoms. The van der Waals surface area contributed by atoms with E-state index in [9.17, 15) is 13.2 Å². The molecule has 0 unspecified atom stereocenters. The summed E-state index contributed by atoms with van der Waals surface area (Å²) < 4.78 is 45.5. The zero-order valence-corrected chi connectivity index (χ0v) is 15.4. The number of rotatable bonds is 6. The minimum atomic E-state index is -4.56. The topological polar surface area (TPSA) is 38.2 Å². The van der Waals surface area contributed by atoms with Gasteiger partial charge in [0.2, 0.25) is 11.8 Å². The highest BCUT2D eigenvalue weighted by atomic mass is 127. The summed E-state index contributed by atoms with van der Waals surface area (Å²) in [7, 11) is 0. The van der Waals surface area contributed by atoms with Crippen LogP contribution in [0.15, 0.2) is 30.5 Å². The molecule has 0 radical (unpaired) electrons. The lowest BCUT2D eigenvalue weighted by Crippen LogP contribution is -2.21. The van der Waals surface area contributed by atoms with E-state index in [0.29, 0.717) is 13.0 Å². The van der Waals surface area contributed by atoms with Crippen LogP contribution in [0, 0.1) is 3.57 Å². The molecule has 0 aliphatic rings. The predicted octanol–water partition coefficient (Wildman–Crippen LogP) is 5.05. The fourth-order valence-corrected chi connectivity index (χ4v) is 2.76. The number of aromatic nitrogens is 2. The molecular weight excluding hydrogens is 434 g/mol. The lowest BCUT2D eigenvalue weighted by Gasteiger charge is -2.23. The van der Waals surface area contributed by atoms with Crippen LogP contribution in [0.3, 0.4) is 0 Å². The maximum absolute atomic E-state index is 13.1. The first-order valence-corrected chi connectivity index (χ1v) is 8.55. The van der Waals surface area contributed by atoms with Crippen LogP contribution in [0.2, 0.25) is 0 Å². The quantitative estimate of drug-likeness (QED) is 0.577. The Bertz CT molecular complexity index is 695. The Hall–Kier alpha value is -1.58. The minimum absolute atomic E-state index is 0.161. The summed E-state index contributed by atoms with van der Waals surface area (Å²) >= 11 is 2.17. The third-order valence-corrected chi connectivity index (χ3v) is 4.10. The third-order valence-electron chi connectivity index (χ3n) is 3.19. The van der Waals surface area contributed by atoms with Crippen molar-refractivity contribution < 1.29 is 17.9 Å². The van der Waals surface area contributed by atoms with Gasteiger partial charge in [-0.25, -0.2) is 4.98 Å². The number of hydrogen-bond donors (Lipinski definition) is 0. The molecule has 4 nitrogen and oxygen atoms in total. The summed E-state index contributed by atoms with van der Waals surface area (Å²) in [4.78, 5) is 9.70. The van der Waals surface area contributed by atoms with Gasteiger partial charge < -0.3 is 9.64 Å². The van der Waals surface area contributed by atoms with Crippen LogP contribution in [0.4, 0.5) is 24.8 Å². The molecule has 1 heterocycles. The van der Waals surface area contributed by atoms with Crippen molar-refractivity contribution in [3.63, 3.8) is 0 Å². The normalized spacial score (nSPS) is 11.4. The van der Waals surface area contributed by atoms with E-state index >= 15 is 0 Å². The van der Waals surface area contributed by atoms with Crippen LogP contribution in [0.25, 0.3) is 0 Å². The van der Waals surface area contributed by atoms with Gasteiger partial charge in [0, 0.05) is 16.3 Å². The highest BCUT2D eigenvalue weighted by Crippen LogP contribution is 2.36. The van der Waals surface area contributed by atoms with Crippen molar-refractivity contribution in [1.82, 2.24) is 9.97 Å². The summed E-state index contributed by atoms with van der Waals surface area (Å²) in [6.07, 6.45) is -3.18. The summed E-state index contributed by atoms with van der Waals surface area (Å²) in [5.74, 6) is -0.251. The van der Waals surface area contributed by atoms with Gasteiger partial charge in [-0.15, -0.1) is 0 Å². The first-order valence-electron chi connectivity index (χ1n) is 7.47. The van der Waals surface area contributed by atoms with Crippen LogP contribution in [0.5, 0.6) is 5.88 Å². The number of hydrogen-bond acceptors (Lipinski definition) is 4. The molecule has 0 saturated carbocycles. The molecule has 130 valence electrons. The molecule has 0 saturated heterocycles. The molecule has 0 fully saturated rings. The van der Waals surface area contributed by atoms with Gasteiger partial charge in [0.15, 0.2) is 0 Å². The van der Waals surface area contributed by atoms with Crippen molar-refractivity contribution in [1.29, 1.82) is 0 Å². The molecule has 0 atom stereocenters. The van der Waals surface area contributed by atoms with Crippen molar-refractivity contribution in [3.05, 3.63) is 39.6 Å². The van der Waals surface area contributed by atoms with Gasteiger partial charge >= 0.3 is 6.18 Å². The number of ether oxygens (including phenoxy) is 1. The molecule has 2 rings (SSSR count). The first kappa shape index (κ1) is 18.8. The summed E-state index contributed by atoms with van der Waals surface area (Å²) in [5.41, 5.74) is -0.125. The average molecular weight is 451 g/mol. The second kappa shape index (κ2) is 8.00. The van der Waals surface area contributed by atoms with Gasteiger partial charge in [-0.2, -0.15) is 18.2 Å². The minimum Gasteiger partial charge on any atom is -0.477 e. The maximum Gasteiger partial charge on any atom is 0.423 e. The molecule has 0 N–H and O–H groups in total. The van der Waals surface area contributed by atoms with Gasteiger partial charge in [-0.05, 0) is 48.1 Å². The number of anilines is 2. The number of halogens is 4. The van der Waals surface area contributed by atoms with Gasteiger partial charge in [0.25, 0.3) is 0 Å². The molecular formula is C16H17F3IN3O. The molecule has 0 spiro atoms. The second-order valence-electron chi connectivity index (χ2n) is 4.93. The smallest absolute Gasteiger partial charge is 0.423 e. The van der Waals surface area contributed by atoms with E-state index < -0.39 is 17.6 Å². The van der Waals surface area contributed by atoms with E-state index in [1.54, 1.807) is 4.90 Å². The van der Waals surface area contributed by atoms with Crippen molar-refractivity contribution in [3.8, 4) is 5.88 Å². The Morgan fingerprint density at radius 1 is 1.21 bits per heavy atom. The number of nitrogens with zero attached hydrogens (tertiary/aromatic N) is 3. The molecule has 1 aromatic carbocycles. The Balaban J connectivity index is 2.47. The Labute approximate surface area is 152 Å². The molecule has 0 aliphatic carbocycles. The zero-order valence-electron chi connectivity index (χ0n) is 13.3. The van der Waals surface area contributed by atoms with Gasteiger partial charge in [0.05, 0.1) is 12.3 Å². The van der Waals surface area contributed by atoms with E-state index in [4.69, 9.17) is 4.74 Å². The summed E-state index contributed by atoms with van der Waals surface area (Å²) in [6, 6.07) is 7.54. The third kappa shape index (κ3) is 4.28. The van der Waals surface area contributed by atoms with Crippen molar-refractivity contribution >= 4 is 34.2 Å². The Morgan fingerprint density at radius 2 is 1.92 bits per heavy atom. The summed E-state index contributed by atoms with van der Waals surface area (Å²) in [6.45, 7) is 4.38. The van der Waals surface area contributed by atoms with E-state index in [0.717, 1.165) is 15.5 Å². The van der Waals surface area contributed by atoms with Crippen molar-refractivity contribution in [2.24, 2.45) is 0 Å². The standard InChI is InChI=1S/C16H17F3IN3O/c1-3-9-24-14-11(16(17,18)19)10-21-15(22-14)23(4-2)13-8-6-5-7-12(13)20/h5-8,10H,3-4,9H2,1-2H3. The lowest BCUT2D eigenvalue weighted by atomic mass is 10.3. The molecule has 0 amide bonds. The second-order valence-corrected chi connectivity index (χ2v) is 6.09. The SMILES string of the molecule is CCCOc1nc(N(CC)c2ccccc2I)ncc1C(F)(F)F. The van der Waals surface area contributed by atoms with Crippen LogP contribution in [-0.2, 0) is 6.18 Å². The zero-order chi connectivity index (χ0) is 17.7. The highest BCUT2D eigenvalue weighted by Gasteiger charge is 2.36. The number of alkyl halides is 3. The van der Waals surface area contributed by atoms with E-state index in [1.807, 2.05) is 38.1 Å². The molecule has 0 aliphatic heterocycles. The fraction of sp³-hybridized carbons (Fsp3) is 0.375. The largest absolute Gasteiger partial charge is 0.477 e. The lowest BCUT2D eigenvalue weighted by molar-refractivity contribution is -0.139. The van der Waals surface area contributed by atoms with Crippen molar-refractivity contribution in [2.75, 3.05) is 18.1 Å². The maximum atomic E-state index is 13.1. The van der Waals surface area contributed by atoms with E-state index in [1.165, 1.54) is 0 Å². The molecule has 2 aromatic rings. The highest BCUT2D eigenvalue weighted by molar-refractivity contribution is 14.1. The monoisotopic (exact) mass is 451 g/mol. The van der Waals surface area contributed by atoms with Crippen LogP contribution in [-0.4, -0.2) is 23.1 Å². The molecule has 1 aromatic heterocycles. The number of para-hydroxylation sites is 1. The summed E-state index contributed by atoms with van der Waals surface area (Å²) in [5, 5.41) is 0. The van der Waals surface area contributed by atoms with Gasteiger partial charge in [-0.3, -0.25) is 0 Å². The Morgan fingerprint density at radius 3 is 2.50 bits per heavy atom. The van der Waals surface area contributed by atoms with Crippen LogP contribution >= 0.6 is 22.6 Å². The van der Waals surface area contributed by atoms with Crippen molar-refractivity contribution in [2.45, 2.75) is 26.4 Å². The van der Waals surface area contributed by atoms with Gasteiger partial charge in [-0.1, -0.05) is 19.1 Å². The van der Waals surface area contributed by atoms with Crippen LogP contribution in [0.1, 0.15) is 25.8 Å². The van der Waals surface area contributed by atoms with Gasteiger partial charge in [0.1, 0.15) is 5.56 Å². The molecule has 24 heavy (non-hydrogen) atoms. The Kier molecular flexibility index (Phi) is 6.25.